The maximum atomic E-state index is 5.63. The van der Waals surface area contributed by atoms with Gasteiger partial charge in [-0.3, -0.25) is 0 Å². The van der Waals surface area contributed by atoms with Crippen LogP contribution in [0.4, 0.5) is 11.8 Å². The fraction of sp³-hybridized carbons (Fsp3) is 0.600. The van der Waals surface area contributed by atoms with Crippen LogP contribution in [-0.2, 0) is 0 Å². The number of hydrogen-bond acceptors (Lipinski definition) is 5. The normalized spacial score (nSPS) is 12.4. The van der Waals surface area contributed by atoms with E-state index in [0.717, 1.165) is 17.9 Å². The van der Waals surface area contributed by atoms with Crippen LogP contribution in [0.5, 0.6) is 0 Å². The van der Waals surface area contributed by atoms with Crippen molar-refractivity contribution in [3.63, 3.8) is 0 Å². The zero-order chi connectivity index (χ0) is 12.0. The van der Waals surface area contributed by atoms with Gasteiger partial charge in [0.15, 0.2) is 0 Å². The molecule has 0 aliphatic rings. The molecule has 6 heteroatoms. The molecule has 0 aliphatic carbocycles. The summed E-state index contributed by atoms with van der Waals surface area (Å²) in [5, 5.41) is 3.24. The molecule has 0 saturated heterocycles. The number of rotatable bonds is 6. The summed E-state index contributed by atoms with van der Waals surface area (Å²) < 4.78 is 0.706. The highest BCUT2D eigenvalue weighted by atomic mass is 79.9. The molecule has 1 heterocycles. The molecule has 0 aliphatic heterocycles. The highest BCUT2D eigenvalue weighted by molar-refractivity contribution is 9.10. The van der Waals surface area contributed by atoms with Crippen molar-refractivity contribution in [2.45, 2.75) is 26.3 Å². The predicted molar refractivity (Wildman–Crippen MR) is 74.8 cm³/mol. The van der Waals surface area contributed by atoms with Crippen LogP contribution < -0.4 is 11.1 Å². The number of aromatic nitrogens is 2. The van der Waals surface area contributed by atoms with Gasteiger partial charge in [-0.25, -0.2) is 4.98 Å². The minimum Gasteiger partial charge on any atom is -0.383 e. The lowest BCUT2D eigenvalue weighted by Gasteiger charge is -2.13. The van der Waals surface area contributed by atoms with E-state index in [4.69, 9.17) is 5.73 Å². The third-order valence-corrected chi connectivity index (χ3v) is 3.33. The largest absolute Gasteiger partial charge is 0.383 e. The Kier molecular flexibility index (Phi) is 5.90. The van der Waals surface area contributed by atoms with Gasteiger partial charge in [0.2, 0.25) is 5.95 Å². The van der Waals surface area contributed by atoms with Gasteiger partial charge in [-0.05, 0) is 40.8 Å². The van der Waals surface area contributed by atoms with Crippen LogP contribution in [-0.4, -0.2) is 27.5 Å². The van der Waals surface area contributed by atoms with E-state index in [9.17, 15) is 0 Å². The molecule has 0 amide bonds. The van der Waals surface area contributed by atoms with E-state index >= 15 is 0 Å². The van der Waals surface area contributed by atoms with Gasteiger partial charge in [-0.15, -0.1) is 0 Å². The molecule has 1 aromatic rings. The number of nitrogens with zero attached hydrogens (tertiary/aromatic N) is 2. The van der Waals surface area contributed by atoms with Crippen molar-refractivity contribution in [1.82, 2.24) is 9.97 Å². The van der Waals surface area contributed by atoms with Gasteiger partial charge in [-0.2, -0.15) is 16.7 Å². The first kappa shape index (κ1) is 13.6. The molecule has 16 heavy (non-hydrogen) atoms. The van der Waals surface area contributed by atoms with Crippen molar-refractivity contribution in [3.8, 4) is 0 Å². The third kappa shape index (κ3) is 5.03. The average Bonchev–Trinajstić information content (AvgIpc) is 2.16. The second-order valence-corrected chi connectivity index (χ2v) is 5.68. The Morgan fingerprint density at radius 3 is 2.94 bits per heavy atom. The quantitative estimate of drug-likeness (QED) is 0.625. The third-order valence-electron chi connectivity index (χ3n) is 1.99. The Labute approximate surface area is 109 Å². The average molecular weight is 305 g/mol. The maximum Gasteiger partial charge on any atom is 0.225 e. The number of nitrogens with two attached hydrogens (primary N) is 1. The standard InChI is InChI=1S/C10H17BrN4S/c1-3-16-5-4-7(2)13-10-14-8(11)6-9(12)15-10/h6-7H,3-5H2,1-2H3,(H3,12,13,14,15). The van der Waals surface area contributed by atoms with E-state index in [1.165, 1.54) is 0 Å². The SMILES string of the molecule is CCSCCC(C)Nc1nc(N)cc(Br)n1. The van der Waals surface area contributed by atoms with Gasteiger partial charge >= 0.3 is 0 Å². The van der Waals surface area contributed by atoms with Gasteiger partial charge in [-0.1, -0.05) is 6.92 Å². The molecule has 1 aromatic heterocycles. The lowest BCUT2D eigenvalue weighted by molar-refractivity contribution is 0.759. The van der Waals surface area contributed by atoms with Crippen LogP contribution in [0, 0.1) is 0 Å². The molecule has 1 rings (SSSR count). The summed E-state index contributed by atoms with van der Waals surface area (Å²) in [5.41, 5.74) is 5.63. The summed E-state index contributed by atoms with van der Waals surface area (Å²) in [6, 6.07) is 2.04. The van der Waals surface area contributed by atoms with Gasteiger partial charge in [0.05, 0.1) is 0 Å². The Balaban J connectivity index is 2.45. The summed E-state index contributed by atoms with van der Waals surface area (Å²) >= 11 is 5.23. The van der Waals surface area contributed by atoms with Crippen molar-refractivity contribution in [2.24, 2.45) is 0 Å². The monoisotopic (exact) mass is 304 g/mol. The summed E-state index contributed by atoms with van der Waals surface area (Å²) in [5.74, 6) is 3.36. The van der Waals surface area contributed by atoms with E-state index in [1.807, 2.05) is 11.8 Å². The molecule has 4 nitrogen and oxygen atoms in total. The molecule has 0 aromatic carbocycles. The predicted octanol–water partition coefficient (Wildman–Crippen LogP) is 2.76. The molecule has 3 N–H and O–H groups in total. The van der Waals surface area contributed by atoms with Gasteiger partial charge in [0.25, 0.3) is 0 Å². The second kappa shape index (κ2) is 6.96. The fourth-order valence-electron chi connectivity index (χ4n) is 1.20. The Morgan fingerprint density at radius 1 is 1.56 bits per heavy atom. The number of halogens is 1. The molecular formula is C10H17BrN4S. The van der Waals surface area contributed by atoms with E-state index < -0.39 is 0 Å². The van der Waals surface area contributed by atoms with E-state index in [0.29, 0.717) is 22.4 Å². The molecule has 1 atom stereocenters. The van der Waals surface area contributed by atoms with Crippen LogP contribution in [0.1, 0.15) is 20.3 Å². The lowest BCUT2D eigenvalue weighted by atomic mass is 10.3. The molecule has 1 unspecified atom stereocenters. The van der Waals surface area contributed by atoms with E-state index in [-0.39, 0.29) is 0 Å². The first-order chi connectivity index (χ1) is 7.61. The van der Waals surface area contributed by atoms with E-state index in [1.54, 1.807) is 6.07 Å². The fourth-order valence-corrected chi connectivity index (χ4v) is 2.41. The zero-order valence-corrected chi connectivity index (χ0v) is 11.9. The maximum absolute atomic E-state index is 5.63. The Bertz CT molecular complexity index is 314. The van der Waals surface area contributed by atoms with Crippen molar-refractivity contribution in [1.29, 1.82) is 0 Å². The van der Waals surface area contributed by atoms with Crippen LogP contribution >= 0.6 is 27.7 Å². The summed E-state index contributed by atoms with van der Waals surface area (Å²) in [6.45, 7) is 4.29. The minimum absolute atomic E-state index is 0.354. The Morgan fingerprint density at radius 2 is 2.31 bits per heavy atom. The topological polar surface area (TPSA) is 63.8 Å². The zero-order valence-electron chi connectivity index (χ0n) is 9.53. The first-order valence-electron chi connectivity index (χ1n) is 5.26. The van der Waals surface area contributed by atoms with Gasteiger partial charge in [0.1, 0.15) is 10.4 Å². The summed E-state index contributed by atoms with van der Waals surface area (Å²) in [6.07, 6.45) is 1.09. The molecule has 0 bridgehead atoms. The van der Waals surface area contributed by atoms with Crippen molar-refractivity contribution < 1.29 is 0 Å². The van der Waals surface area contributed by atoms with Crippen molar-refractivity contribution in [3.05, 3.63) is 10.7 Å². The first-order valence-corrected chi connectivity index (χ1v) is 7.21. The molecule has 0 fully saturated rings. The number of hydrogen-bond donors (Lipinski definition) is 2. The molecule has 0 radical (unpaired) electrons. The minimum atomic E-state index is 0.354. The highest BCUT2D eigenvalue weighted by Gasteiger charge is 2.05. The molecular weight excluding hydrogens is 288 g/mol. The summed E-state index contributed by atoms with van der Waals surface area (Å²) in [7, 11) is 0. The number of nitrogen functional groups attached to an aromatic ring is 1. The highest BCUT2D eigenvalue weighted by Crippen LogP contribution is 2.14. The smallest absolute Gasteiger partial charge is 0.225 e. The van der Waals surface area contributed by atoms with Crippen molar-refractivity contribution >= 4 is 39.5 Å². The molecule has 0 saturated carbocycles. The Hall–Kier alpha value is -0.490. The second-order valence-electron chi connectivity index (χ2n) is 3.47. The van der Waals surface area contributed by atoms with Crippen molar-refractivity contribution in [2.75, 3.05) is 22.6 Å². The number of anilines is 2. The number of nitrogens with one attached hydrogen (secondary N) is 1. The summed E-state index contributed by atoms with van der Waals surface area (Å²) in [4.78, 5) is 8.33. The van der Waals surface area contributed by atoms with Gasteiger partial charge in [0, 0.05) is 12.1 Å². The van der Waals surface area contributed by atoms with Crippen LogP contribution in [0.3, 0.4) is 0 Å². The van der Waals surface area contributed by atoms with Crippen LogP contribution in [0.25, 0.3) is 0 Å². The van der Waals surface area contributed by atoms with Crippen LogP contribution in [0.15, 0.2) is 10.7 Å². The van der Waals surface area contributed by atoms with Crippen LogP contribution in [0.2, 0.25) is 0 Å². The lowest BCUT2D eigenvalue weighted by Crippen LogP contribution is -2.18. The van der Waals surface area contributed by atoms with E-state index in [2.05, 4.69) is 45.1 Å². The van der Waals surface area contributed by atoms with Gasteiger partial charge < -0.3 is 11.1 Å². The molecule has 90 valence electrons. The molecule has 0 spiro atoms. The number of thioether (sulfide) groups is 1.